The van der Waals surface area contributed by atoms with Gasteiger partial charge in [0.15, 0.2) is 0 Å². The van der Waals surface area contributed by atoms with Crippen LogP contribution < -0.4 is 15.6 Å². The fourth-order valence-corrected chi connectivity index (χ4v) is 1.18. The van der Waals surface area contributed by atoms with E-state index in [1.807, 2.05) is 0 Å². The van der Waals surface area contributed by atoms with E-state index in [-0.39, 0.29) is 0 Å². The van der Waals surface area contributed by atoms with Crippen LogP contribution in [0.1, 0.15) is 0 Å². The third kappa shape index (κ3) is 2.77. The molecule has 1 aromatic carbocycles. The van der Waals surface area contributed by atoms with Crippen molar-refractivity contribution in [3.05, 3.63) is 24.3 Å². The number of benzene rings is 1. The molecule has 12 heavy (non-hydrogen) atoms. The Bertz CT molecular complexity index is 357. The second-order valence-corrected chi connectivity index (χ2v) is 3.56. The van der Waals surface area contributed by atoms with Crippen molar-refractivity contribution in [2.45, 2.75) is 0 Å². The Labute approximate surface area is 70.6 Å². The van der Waals surface area contributed by atoms with Crippen molar-refractivity contribution in [1.29, 1.82) is 0 Å². The molecule has 0 aromatic heterocycles. The summed E-state index contributed by atoms with van der Waals surface area (Å²) < 4.78 is 23.1. The highest BCUT2D eigenvalue weighted by Gasteiger charge is 2.00. The van der Waals surface area contributed by atoms with E-state index in [2.05, 4.69) is 4.72 Å². The van der Waals surface area contributed by atoms with E-state index in [9.17, 15) is 8.42 Å². The van der Waals surface area contributed by atoms with Crippen molar-refractivity contribution in [2.24, 2.45) is 5.14 Å². The molecule has 1 rings (SSSR count). The second-order valence-electron chi connectivity index (χ2n) is 2.27. The van der Waals surface area contributed by atoms with Crippen LogP contribution >= 0.6 is 0 Å². The fourth-order valence-electron chi connectivity index (χ4n) is 0.715. The standard InChI is InChI=1S/C6H9N3O2S/c7-5-1-3-6(4-2-5)9-12(8,10)11/h1-4,9H,7H2,(H2,8,10,11). The number of anilines is 2. The summed E-state index contributed by atoms with van der Waals surface area (Å²) in [7, 11) is -3.68. The predicted molar refractivity (Wildman–Crippen MR) is 47.6 cm³/mol. The predicted octanol–water partition coefficient (Wildman–Crippen LogP) is -0.116. The van der Waals surface area contributed by atoms with Gasteiger partial charge in [0.25, 0.3) is 10.2 Å². The maximum absolute atomic E-state index is 10.5. The molecule has 0 aliphatic heterocycles. The van der Waals surface area contributed by atoms with Gasteiger partial charge in [-0.15, -0.1) is 0 Å². The van der Waals surface area contributed by atoms with Crippen molar-refractivity contribution >= 4 is 21.6 Å². The van der Waals surface area contributed by atoms with Crippen LogP contribution in [-0.4, -0.2) is 8.42 Å². The highest BCUT2D eigenvalue weighted by Crippen LogP contribution is 2.10. The number of rotatable bonds is 2. The summed E-state index contributed by atoms with van der Waals surface area (Å²) >= 11 is 0. The number of hydrogen-bond acceptors (Lipinski definition) is 3. The molecular formula is C6H9N3O2S. The first kappa shape index (κ1) is 8.82. The largest absolute Gasteiger partial charge is 0.399 e. The SMILES string of the molecule is Nc1ccc(NS(N)(=O)=O)cc1. The van der Waals surface area contributed by atoms with Gasteiger partial charge < -0.3 is 5.73 Å². The van der Waals surface area contributed by atoms with Crippen molar-refractivity contribution < 1.29 is 8.42 Å². The highest BCUT2D eigenvalue weighted by molar-refractivity contribution is 7.90. The Morgan fingerprint density at radius 2 is 1.67 bits per heavy atom. The van der Waals surface area contributed by atoms with Gasteiger partial charge in [-0.25, -0.2) is 5.14 Å². The topological polar surface area (TPSA) is 98.2 Å². The van der Waals surface area contributed by atoms with Gasteiger partial charge in [0, 0.05) is 11.4 Å². The molecule has 0 bridgehead atoms. The minimum absolute atomic E-state index is 0.395. The van der Waals surface area contributed by atoms with E-state index in [1.54, 1.807) is 12.1 Å². The van der Waals surface area contributed by atoms with Crippen LogP contribution in [0.5, 0.6) is 0 Å². The van der Waals surface area contributed by atoms with Crippen molar-refractivity contribution in [3.63, 3.8) is 0 Å². The normalized spacial score (nSPS) is 11.1. The first-order chi connectivity index (χ1) is 5.47. The molecule has 0 atom stereocenters. The summed E-state index contributed by atoms with van der Waals surface area (Å²) in [6, 6.07) is 6.21. The molecule has 0 saturated heterocycles. The van der Waals surface area contributed by atoms with Gasteiger partial charge in [0.1, 0.15) is 0 Å². The molecule has 0 aliphatic rings. The summed E-state index contributed by atoms with van der Waals surface area (Å²) in [4.78, 5) is 0. The molecule has 0 aliphatic carbocycles. The lowest BCUT2D eigenvalue weighted by molar-refractivity contribution is 0.603. The van der Waals surface area contributed by atoms with Gasteiger partial charge in [0.2, 0.25) is 0 Å². The zero-order valence-electron chi connectivity index (χ0n) is 6.19. The van der Waals surface area contributed by atoms with Crippen LogP contribution in [0, 0.1) is 0 Å². The van der Waals surface area contributed by atoms with E-state index >= 15 is 0 Å². The van der Waals surface area contributed by atoms with E-state index in [0.29, 0.717) is 11.4 Å². The number of nitrogens with one attached hydrogen (secondary N) is 1. The molecule has 66 valence electrons. The smallest absolute Gasteiger partial charge is 0.296 e. The zero-order chi connectivity index (χ0) is 9.19. The Kier molecular flexibility index (Phi) is 2.20. The summed E-state index contributed by atoms with van der Waals surface area (Å²) in [5.41, 5.74) is 6.34. The summed E-state index contributed by atoms with van der Waals surface area (Å²) in [5.74, 6) is 0. The van der Waals surface area contributed by atoms with Crippen molar-refractivity contribution in [1.82, 2.24) is 0 Å². The van der Waals surface area contributed by atoms with Crippen molar-refractivity contribution in [3.8, 4) is 0 Å². The molecule has 0 heterocycles. The molecular weight excluding hydrogens is 178 g/mol. The molecule has 0 spiro atoms. The second kappa shape index (κ2) is 3.00. The minimum Gasteiger partial charge on any atom is -0.399 e. The summed E-state index contributed by atoms with van der Waals surface area (Å²) in [6.45, 7) is 0. The number of nitrogen functional groups attached to an aromatic ring is 1. The molecule has 0 saturated carbocycles. The Morgan fingerprint density at radius 3 is 2.08 bits per heavy atom. The van der Waals surface area contributed by atoms with Gasteiger partial charge in [-0.2, -0.15) is 8.42 Å². The van der Waals surface area contributed by atoms with Crippen molar-refractivity contribution in [2.75, 3.05) is 10.5 Å². The van der Waals surface area contributed by atoms with Crippen LogP contribution in [0.2, 0.25) is 0 Å². The molecule has 5 nitrogen and oxygen atoms in total. The van der Waals surface area contributed by atoms with Gasteiger partial charge in [0.05, 0.1) is 0 Å². The molecule has 0 fully saturated rings. The number of nitrogens with two attached hydrogens (primary N) is 2. The van der Waals surface area contributed by atoms with E-state index in [1.165, 1.54) is 12.1 Å². The number of hydrogen-bond donors (Lipinski definition) is 3. The van der Waals surface area contributed by atoms with Crippen LogP contribution in [0.4, 0.5) is 11.4 Å². The first-order valence-electron chi connectivity index (χ1n) is 3.13. The maximum atomic E-state index is 10.5. The minimum atomic E-state index is -3.68. The van der Waals surface area contributed by atoms with Gasteiger partial charge in [-0.3, -0.25) is 4.72 Å². The average molecular weight is 187 g/mol. The Balaban J connectivity index is 2.85. The van der Waals surface area contributed by atoms with E-state index < -0.39 is 10.2 Å². The summed E-state index contributed by atoms with van der Waals surface area (Å²) in [6.07, 6.45) is 0. The summed E-state index contributed by atoms with van der Waals surface area (Å²) in [5, 5.41) is 4.74. The molecule has 0 unspecified atom stereocenters. The quantitative estimate of drug-likeness (QED) is 0.563. The van der Waals surface area contributed by atoms with Crippen LogP contribution in [0.25, 0.3) is 0 Å². The van der Waals surface area contributed by atoms with Gasteiger partial charge >= 0.3 is 0 Å². The molecule has 5 N–H and O–H groups in total. The zero-order valence-corrected chi connectivity index (χ0v) is 7.01. The van der Waals surface area contributed by atoms with E-state index in [0.717, 1.165) is 0 Å². The first-order valence-corrected chi connectivity index (χ1v) is 4.68. The molecule has 6 heteroatoms. The van der Waals surface area contributed by atoms with Crippen LogP contribution in [-0.2, 0) is 10.2 Å². The molecule has 1 aromatic rings. The highest BCUT2D eigenvalue weighted by atomic mass is 32.2. The van der Waals surface area contributed by atoms with Crippen LogP contribution in [0.15, 0.2) is 24.3 Å². The van der Waals surface area contributed by atoms with Gasteiger partial charge in [-0.1, -0.05) is 0 Å². The maximum Gasteiger partial charge on any atom is 0.296 e. The Morgan fingerprint density at radius 1 is 1.17 bits per heavy atom. The van der Waals surface area contributed by atoms with E-state index in [4.69, 9.17) is 10.9 Å². The lowest BCUT2D eigenvalue weighted by Gasteiger charge is -2.02. The monoisotopic (exact) mass is 187 g/mol. The average Bonchev–Trinajstić information content (AvgIpc) is 1.91. The third-order valence-corrected chi connectivity index (χ3v) is 1.69. The molecule has 0 radical (unpaired) electrons. The Hall–Kier alpha value is -1.27. The fraction of sp³-hybridized carbons (Fsp3) is 0. The lowest BCUT2D eigenvalue weighted by Crippen LogP contribution is -2.21. The lowest BCUT2D eigenvalue weighted by atomic mass is 10.3. The van der Waals surface area contributed by atoms with Crippen LogP contribution in [0.3, 0.4) is 0 Å². The van der Waals surface area contributed by atoms with Gasteiger partial charge in [-0.05, 0) is 24.3 Å². The third-order valence-electron chi connectivity index (χ3n) is 1.17. The molecule has 0 amide bonds.